The van der Waals surface area contributed by atoms with Gasteiger partial charge in [0.15, 0.2) is 11.0 Å². The third-order valence-corrected chi connectivity index (χ3v) is 6.23. The first-order chi connectivity index (χ1) is 15.4. The molecule has 6 nitrogen and oxygen atoms in total. The summed E-state index contributed by atoms with van der Waals surface area (Å²) in [6.07, 6.45) is 0. The minimum atomic E-state index is -0.0459. The highest BCUT2D eigenvalue weighted by atomic mass is 35.5. The summed E-state index contributed by atoms with van der Waals surface area (Å²) in [7, 11) is 1.68. The second kappa shape index (κ2) is 11.5. The van der Waals surface area contributed by atoms with Crippen molar-refractivity contribution < 1.29 is 9.53 Å². The van der Waals surface area contributed by atoms with Gasteiger partial charge in [0.25, 0.3) is 5.91 Å². The van der Waals surface area contributed by atoms with Crippen molar-refractivity contribution in [2.75, 3.05) is 20.3 Å². The van der Waals surface area contributed by atoms with Gasteiger partial charge in [-0.2, -0.15) is 0 Å². The van der Waals surface area contributed by atoms with E-state index in [1.807, 2.05) is 48.5 Å². The predicted octanol–water partition coefficient (Wildman–Crippen LogP) is 5.48. The minimum absolute atomic E-state index is 0.0378. The number of aromatic nitrogens is 3. The van der Waals surface area contributed by atoms with E-state index in [9.17, 15) is 4.79 Å². The highest BCUT2D eigenvalue weighted by Gasteiger charge is 2.20. The van der Waals surface area contributed by atoms with E-state index >= 15 is 0 Å². The molecule has 1 atom stereocenters. The Balaban J connectivity index is 1.76. The van der Waals surface area contributed by atoms with Crippen LogP contribution in [0.2, 0.25) is 5.02 Å². The lowest BCUT2D eigenvalue weighted by atomic mass is 10.1. The van der Waals surface area contributed by atoms with Crippen LogP contribution in [0.15, 0.2) is 53.7 Å². The van der Waals surface area contributed by atoms with E-state index < -0.39 is 0 Å². The van der Waals surface area contributed by atoms with Gasteiger partial charge in [0, 0.05) is 30.5 Å². The van der Waals surface area contributed by atoms with Gasteiger partial charge in [-0.1, -0.05) is 61.5 Å². The van der Waals surface area contributed by atoms with Crippen LogP contribution in [0.25, 0.3) is 11.4 Å². The monoisotopic (exact) mass is 472 g/mol. The highest BCUT2D eigenvalue weighted by Crippen LogP contribution is 2.33. The molecule has 0 bridgehead atoms. The number of thioether (sulfide) groups is 1. The van der Waals surface area contributed by atoms with Crippen molar-refractivity contribution in [2.24, 2.45) is 5.92 Å². The van der Waals surface area contributed by atoms with Crippen molar-refractivity contribution in [1.82, 2.24) is 20.1 Å². The number of hydrogen-bond donors (Lipinski definition) is 1. The maximum Gasteiger partial charge on any atom is 0.251 e. The van der Waals surface area contributed by atoms with Gasteiger partial charge in [0.1, 0.15) is 0 Å². The third kappa shape index (κ3) is 6.12. The predicted molar refractivity (Wildman–Crippen MR) is 130 cm³/mol. The van der Waals surface area contributed by atoms with Crippen molar-refractivity contribution in [3.63, 3.8) is 0 Å². The molecule has 1 N–H and O–H groups in total. The van der Waals surface area contributed by atoms with Crippen LogP contribution in [-0.4, -0.2) is 40.9 Å². The maximum absolute atomic E-state index is 12.2. The number of carbonyl (C=O) groups is 1. The molecule has 0 saturated heterocycles. The molecule has 0 radical (unpaired) electrons. The van der Waals surface area contributed by atoms with E-state index in [-0.39, 0.29) is 11.9 Å². The fraction of sp³-hybridized carbons (Fsp3) is 0.375. The molecule has 8 heteroatoms. The molecule has 0 saturated carbocycles. The van der Waals surface area contributed by atoms with Gasteiger partial charge in [-0.3, -0.25) is 9.36 Å². The largest absolute Gasteiger partial charge is 0.383 e. The molecular weight excluding hydrogens is 444 g/mol. The first kappa shape index (κ1) is 24.3. The second-order valence-corrected chi connectivity index (χ2v) is 9.40. The summed E-state index contributed by atoms with van der Waals surface area (Å²) >= 11 is 8.02. The van der Waals surface area contributed by atoms with Gasteiger partial charge < -0.3 is 10.1 Å². The molecule has 0 spiro atoms. The summed E-state index contributed by atoms with van der Waals surface area (Å²) in [5.41, 5.74) is 2.61. The number of carbonyl (C=O) groups excluding carboxylic acids is 1. The number of nitrogens with one attached hydrogen (secondary N) is 1. The van der Waals surface area contributed by atoms with E-state index in [1.54, 1.807) is 18.9 Å². The lowest BCUT2D eigenvalue weighted by Gasteiger charge is -2.17. The summed E-state index contributed by atoms with van der Waals surface area (Å²) in [5, 5.41) is 13.2. The Labute approximate surface area is 198 Å². The number of methoxy groups -OCH3 is 1. The lowest BCUT2D eigenvalue weighted by Crippen LogP contribution is -2.27. The zero-order valence-corrected chi connectivity index (χ0v) is 20.4. The fourth-order valence-electron chi connectivity index (χ4n) is 3.21. The van der Waals surface area contributed by atoms with E-state index in [0.717, 1.165) is 22.1 Å². The third-order valence-electron chi connectivity index (χ3n) is 4.88. The second-order valence-electron chi connectivity index (χ2n) is 8.05. The van der Waals surface area contributed by atoms with Crippen LogP contribution in [0.5, 0.6) is 0 Å². The van der Waals surface area contributed by atoms with Crippen molar-refractivity contribution in [3.05, 3.63) is 64.7 Å². The van der Waals surface area contributed by atoms with E-state index in [0.29, 0.717) is 35.4 Å². The summed E-state index contributed by atoms with van der Waals surface area (Å²) in [6.45, 7) is 7.42. The Kier molecular flexibility index (Phi) is 8.73. The summed E-state index contributed by atoms with van der Waals surface area (Å²) < 4.78 is 7.45. The molecule has 3 rings (SSSR count). The van der Waals surface area contributed by atoms with Crippen LogP contribution >= 0.6 is 23.4 Å². The number of ether oxygens (including phenoxy) is 1. The van der Waals surface area contributed by atoms with Gasteiger partial charge in [0.2, 0.25) is 0 Å². The maximum atomic E-state index is 12.2. The normalized spacial score (nSPS) is 12.2. The Bertz CT molecular complexity index is 1040. The molecule has 1 unspecified atom stereocenters. The van der Waals surface area contributed by atoms with Gasteiger partial charge in [-0.05, 0) is 42.7 Å². The molecule has 0 aliphatic heterocycles. The van der Waals surface area contributed by atoms with Gasteiger partial charge in [-0.25, -0.2) is 0 Å². The van der Waals surface area contributed by atoms with Gasteiger partial charge in [0.05, 0.1) is 17.7 Å². The molecule has 32 heavy (non-hydrogen) atoms. The van der Waals surface area contributed by atoms with Crippen molar-refractivity contribution >= 4 is 29.3 Å². The van der Waals surface area contributed by atoms with Crippen molar-refractivity contribution in [2.45, 2.75) is 37.7 Å². The van der Waals surface area contributed by atoms with Crippen LogP contribution < -0.4 is 5.32 Å². The number of amides is 1. The Hall–Kier alpha value is -2.35. The van der Waals surface area contributed by atoms with E-state index in [1.165, 1.54) is 0 Å². The highest BCUT2D eigenvalue weighted by molar-refractivity contribution is 7.98. The Morgan fingerprint density at radius 1 is 1.12 bits per heavy atom. The molecule has 1 aromatic heterocycles. The summed E-state index contributed by atoms with van der Waals surface area (Å²) in [6, 6.07) is 15.3. The lowest BCUT2D eigenvalue weighted by molar-refractivity contribution is 0.0949. The Morgan fingerprint density at radius 3 is 2.50 bits per heavy atom. The number of hydrogen-bond acceptors (Lipinski definition) is 5. The molecule has 3 aromatic rings. The number of benzene rings is 2. The van der Waals surface area contributed by atoms with Gasteiger partial charge in [-0.15, -0.1) is 10.2 Å². The molecule has 0 fully saturated rings. The van der Waals surface area contributed by atoms with Crippen LogP contribution in [0, 0.1) is 5.92 Å². The standard InChI is InChI=1S/C24H29ClN4O2S/c1-16(2)13-26-23(30)19-11-9-18(10-12-19)15-32-24-28-27-22(29(24)17(3)14-31-4)20-7-5-6-8-21(20)25/h5-12,16-17H,13-15H2,1-4H3,(H,26,30). The summed E-state index contributed by atoms with van der Waals surface area (Å²) in [5.74, 6) is 1.80. The molecular formula is C24H29ClN4O2S. The van der Waals surface area contributed by atoms with Crippen molar-refractivity contribution in [1.29, 1.82) is 0 Å². The molecule has 170 valence electrons. The summed E-state index contributed by atoms with van der Waals surface area (Å²) in [4.78, 5) is 12.2. The molecule has 1 amide bonds. The van der Waals surface area contributed by atoms with E-state index in [2.05, 4.69) is 40.9 Å². The molecule has 2 aromatic carbocycles. The first-order valence-corrected chi connectivity index (χ1v) is 12.0. The molecule has 0 aliphatic rings. The zero-order valence-electron chi connectivity index (χ0n) is 18.8. The van der Waals surface area contributed by atoms with Crippen LogP contribution in [0.4, 0.5) is 0 Å². The number of rotatable bonds is 10. The number of nitrogens with zero attached hydrogens (tertiary/aromatic N) is 3. The minimum Gasteiger partial charge on any atom is -0.383 e. The number of halogens is 1. The smallest absolute Gasteiger partial charge is 0.251 e. The average molecular weight is 473 g/mol. The molecule has 0 aliphatic carbocycles. The zero-order chi connectivity index (χ0) is 23.1. The fourth-order valence-corrected chi connectivity index (χ4v) is 4.43. The van der Waals surface area contributed by atoms with Crippen LogP contribution in [-0.2, 0) is 10.5 Å². The Morgan fingerprint density at radius 2 is 1.84 bits per heavy atom. The van der Waals surface area contributed by atoms with E-state index in [4.69, 9.17) is 16.3 Å². The van der Waals surface area contributed by atoms with Crippen molar-refractivity contribution in [3.8, 4) is 11.4 Å². The quantitative estimate of drug-likeness (QED) is 0.395. The van der Waals surface area contributed by atoms with Gasteiger partial charge >= 0.3 is 0 Å². The average Bonchev–Trinajstić information content (AvgIpc) is 3.20. The first-order valence-electron chi connectivity index (χ1n) is 10.6. The molecule has 1 heterocycles. The van der Waals surface area contributed by atoms with Crippen LogP contribution in [0.1, 0.15) is 42.7 Å². The SMILES string of the molecule is COCC(C)n1c(SCc2ccc(C(=O)NCC(C)C)cc2)nnc1-c1ccccc1Cl. The van der Waals surface area contributed by atoms with Crippen LogP contribution in [0.3, 0.4) is 0 Å². The topological polar surface area (TPSA) is 69.0 Å².